The Morgan fingerprint density at radius 1 is 1.40 bits per heavy atom. The summed E-state index contributed by atoms with van der Waals surface area (Å²) in [5, 5.41) is 10.9. The SMILES string of the molecule is COc1ccc(C(=O)NOC2CCCC2)cc1[N+](=O)[O-]. The van der Waals surface area contributed by atoms with Gasteiger partial charge in [-0.2, -0.15) is 0 Å². The lowest BCUT2D eigenvalue weighted by Gasteiger charge is -2.11. The molecule has 0 unspecified atom stereocenters. The minimum Gasteiger partial charge on any atom is -0.490 e. The lowest BCUT2D eigenvalue weighted by atomic mass is 10.2. The van der Waals surface area contributed by atoms with Crippen LogP contribution in [0.2, 0.25) is 0 Å². The first-order valence-corrected chi connectivity index (χ1v) is 6.40. The van der Waals surface area contributed by atoms with Crippen LogP contribution in [0.1, 0.15) is 36.0 Å². The maximum Gasteiger partial charge on any atom is 0.311 e. The quantitative estimate of drug-likeness (QED) is 0.659. The number of nitrogens with zero attached hydrogens (tertiary/aromatic N) is 1. The van der Waals surface area contributed by atoms with Crippen molar-refractivity contribution < 1.29 is 19.3 Å². The standard InChI is InChI=1S/C13H16N2O5/c1-19-12-7-6-9(8-11(12)15(17)18)13(16)14-20-10-4-2-3-5-10/h6-8,10H,2-5H2,1H3,(H,14,16). The van der Waals surface area contributed by atoms with E-state index in [4.69, 9.17) is 9.57 Å². The fourth-order valence-corrected chi connectivity index (χ4v) is 2.18. The minimum atomic E-state index is -0.590. The van der Waals surface area contributed by atoms with Gasteiger partial charge in [-0.25, -0.2) is 5.48 Å². The van der Waals surface area contributed by atoms with E-state index >= 15 is 0 Å². The number of nitro benzene ring substituents is 1. The number of nitro groups is 1. The van der Waals surface area contributed by atoms with Crippen molar-refractivity contribution in [3.8, 4) is 5.75 Å². The second kappa shape index (κ2) is 6.33. The van der Waals surface area contributed by atoms with Crippen LogP contribution >= 0.6 is 0 Å². The molecule has 1 aromatic rings. The van der Waals surface area contributed by atoms with Gasteiger partial charge in [-0.3, -0.25) is 19.7 Å². The number of ether oxygens (including phenoxy) is 1. The van der Waals surface area contributed by atoms with Crippen molar-refractivity contribution in [3.05, 3.63) is 33.9 Å². The molecule has 0 aromatic heterocycles. The summed E-state index contributed by atoms with van der Waals surface area (Å²) in [7, 11) is 1.34. The van der Waals surface area contributed by atoms with Gasteiger partial charge in [0.05, 0.1) is 18.1 Å². The highest BCUT2D eigenvalue weighted by Gasteiger charge is 2.20. The fraction of sp³-hybridized carbons (Fsp3) is 0.462. The fourth-order valence-electron chi connectivity index (χ4n) is 2.18. The Morgan fingerprint density at radius 2 is 2.10 bits per heavy atom. The van der Waals surface area contributed by atoms with Crippen LogP contribution in [0.25, 0.3) is 0 Å². The first-order chi connectivity index (χ1) is 9.61. The smallest absolute Gasteiger partial charge is 0.311 e. The molecular weight excluding hydrogens is 264 g/mol. The summed E-state index contributed by atoms with van der Waals surface area (Å²) < 4.78 is 4.88. The molecule has 0 heterocycles. The molecule has 0 aliphatic heterocycles. The molecule has 7 nitrogen and oxygen atoms in total. The van der Waals surface area contributed by atoms with Gasteiger partial charge < -0.3 is 4.74 Å². The monoisotopic (exact) mass is 280 g/mol. The predicted octanol–water partition coefficient (Wildman–Crippen LogP) is 2.21. The molecule has 1 aromatic carbocycles. The minimum absolute atomic E-state index is 0.0344. The Bertz CT molecular complexity index is 511. The number of rotatable bonds is 5. The third-order valence-corrected chi connectivity index (χ3v) is 3.26. The topological polar surface area (TPSA) is 90.7 Å². The number of hydroxylamine groups is 1. The molecule has 1 fully saturated rings. The van der Waals surface area contributed by atoms with Crippen molar-refractivity contribution in [1.82, 2.24) is 5.48 Å². The first kappa shape index (κ1) is 14.3. The van der Waals surface area contributed by atoms with Gasteiger partial charge in [-0.15, -0.1) is 0 Å². The molecule has 0 atom stereocenters. The molecule has 0 spiro atoms. The number of methoxy groups -OCH3 is 1. The summed E-state index contributed by atoms with van der Waals surface area (Å²) in [5.41, 5.74) is 2.26. The van der Waals surface area contributed by atoms with E-state index in [1.165, 1.54) is 25.3 Å². The van der Waals surface area contributed by atoms with Gasteiger partial charge in [0.2, 0.25) is 0 Å². The molecule has 2 rings (SSSR count). The van der Waals surface area contributed by atoms with E-state index in [-0.39, 0.29) is 23.1 Å². The normalized spacial score (nSPS) is 15.1. The molecule has 1 aliphatic carbocycles. The number of hydrogen-bond acceptors (Lipinski definition) is 5. The molecule has 20 heavy (non-hydrogen) atoms. The molecular formula is C13H16N2O5. The first-order valence-electron chi connectivity index (χ1n) is 6.40. The average molecular weight is 280 g/mol. The van der Waals surface area contributed by atoms with Crippen molar-refractivity contribution in [1.29, 1.82) is 0 Å². The van der Waals surface area contributed by atoms with Crippen molar-refractivity contribution in [3.63, 3.8) is 0 Å². The molecule has 0 saturated heterocycles. The molecule has 1 amide bonds. The number of benzene rings is 1. The molecule has 1 aliphatic rings. The van der Waals surface area contributed by atoms with Gasteiger partial charge in [0.25, 0.3) is 5.91 Å². The van der Waals surface area contributed by atoms with Crippen LogP contribution in [-0.2, 0) is 4.84 Å². The van der Waals surface area contributed by atoms with Crippen LogP contribution in [0.5, 0.6) is 5.75 Å². The van der Waals surface area contributed by atoms with E-state index in [0.717, 1.165) is 25.7 Å². The number of carbonyl (C=O) groups is 1. The summed E-state index contributed by atoms with van der Waals surface area (Å²) in [6, 6.07) is 4.02. The summed E-state index contributed by atoms with van der Waals surface area (Å²) in [4.78, 5) is 27.4. The van der Waals surface area contributed by atoms with Crippen LogP contribution < -0.4 is 10.2 Å². The van der Waals surface area contributed by atoms with Crippen LogP contribution in [-0.4, -0.2) is 24.0 Å². The average Bonchev–Trinajstić information content (AvgIpc) is 2.97. The van der Waals surface area contributed by atoms with Crippen LogP contribution in [0, 0.1) is 10.1 Å². The Hall–Kier alpha value is -2.15. The highest BCUT2D eigenvalue weighted by molar-refractivity contribution is 5.94. The van der Waals surface area contributed by atoms with Crippen molar-refractivity contribution in [2.75, 3.05) is 7.11 Å². The molecule has 1 saturated carbocycles. The van der Waals surface area contributed by atoms with E-state index in [2.05, 4.69) is 5.48 Å². The van der Waals surface area contributed by atoms with Gasteiger partial charge in [0, 0.05) is 11.6 Å². The van der Waals surface area contributed by atoms with E-state index in [9.17, 15) is 14.9 Å². The third-order valence-electron chi connectivity index (χ3n) is 3.26. The van der Waals surface area contributed by atoms with Crippen molar-refractivity contribution in [2.45, 2.75) is 31.8 Å². The number of hydrogen-bond donors (Lipinski definition) is 1. The largest absolute Gasteiger partial charge is 0.490 e. The second-order valence-electron chi connectivity index (χ2n) is 4.60. The van der Waals surface area contributed by atoms with Gasteiger partial charge in [0.1, 0.15) is 0 Å². The Balaban J connectivity index is 2.05. The molecule has 0 radical (unpaired) electrons. The highest BCUT2D eigenvalue weighted by Crippen LogP contribution is 2.27. The molecule has 0 bridgehead atoms. The zero-order valence-electron chi connectivity index (χ0n) is 11.1. The highest BCUT2D eigenvalue weighted by atomic mass is 16.7. The van der Waals surface area contributed by atoms with Crippen LogP contribution in [0.3, 0.4) is 0 Å². The third kappa shape index (κ3) is 3.24. The van der Waals surface area contributed by atoms with E-state index in [1.807, 2.05) is 0 Å². The van der Waals surface area contributed by atoms with Gasteiger partial charge in [-0.1, -0.05) is 12.8 Å². The summed E-state index contributed by atoms with van der Waals surface area (Å²) in [6.07, 6.45) is 4.06. The second-order valence-corrected chi connectivity index (χ2v) is 4.60. The molecule has 108 valence electrons. The maximum atomic E-state index is 11.9. The van der Waals surface area contributed by atoms with E-state index < -0.39 is 10.8 Å². The zero-order valence-corrected chi connectivity index (χ0v) is 11.1. The Labute approximate surface area is 116 Å². The van der Waals surface area contributed by atoms with Crippen molar-refractivity contribution >= 4 is 11.6 Å². The number of amides is 1. The Kier molecular flexibility index (Phi) is 4.52. The predicted molar refractivity (Wildman–Crippen MR) is 70.5 cm³/mol. The summed E-state index contributed by atoms with van der Waals surface area (Å²) in [5.74, 6) is -0.383. The Morgan fingerprint density at radius 3 is 2.70 bits per heavy atom. The number of carbonyl (C=O) groups excluding carboxylic acids is 1. The maximum absolute atomic E-state index is 11.9. The lowest BCUT2D eigenvalue weighted by Crippen LogP contribution is -2.28. The van der Waals surface area contributed by atoms with Gasteiger partial charge >= 0.3 is 5.69 Å². The molecule has 7 heteroatoms. The summed E-state index contributed by atoms with van der Waals surface area (Å²) >= 11 is 0. The molecule has 1 N–H and O–H groups in total. The zero-order chi connectivity index (χ0) is 14.5. The van der Waals surface area contributed by atoms with Gasteiger partial charge in [0.15, 0.2) is 5.75 Å². The summed E-state index contributed by atoms with van der Waals surface area (Å²) in [6.45, 7) is 0. The lowest BCUT2D eigenvalue weighted by molar-refractivity contribution is -0.385. The van der Waals surface area contributed by atoms with E-state index in [0.29, 0.717) is 0 Å². The van der Waals surface area contributed by atoms with Crippen molar-refractivity contribution in [2.24, 2.45) is 0 Å². The van der Waals surface area contributed by atoms with Crippen LogP contribution in [0.15, 0.2) is 18.2 Å². The van der Waals surface area contributed by atoms with Gasteiger partial charge in [-0.05, 0) is 25.0 Å². The number of nitrogens with one attached hydrogen (secondary N) is 1. The van der Waals surface area contributed by atoms with Crippen LogP contribution in [0.4, 0.5) is 5.69 Å². The van der Waals surface area contributed by atoms with E-state index in [1.54, 1.807) is 0 Å².